The lowest BCUT2D eigenvalue weighted by Gasteiger charge is -2.19. The molecule has 0 atom stereocenters. The van der Waals surface area contributed by atoms with Crippen LogP contribution in [0.5, 0.6) is 0 Å². The summed E-state index contributed by atoms with van der Waals surface area (Å²) in [6.45, 7) is 5.13. The summed E-state index contributed by atoms with van der Waals surface area (Å²) in [4.78, 5) is 24.5. The fourth-order valence-corrected chi connectivity index (χ4v) is 5.18. The van der Waals surface area contributed by atoms with Gasteiger partial charge in [0.2, 0.25) is 20.0 Å². The highest BCUT2D eigenvalue weighted by molar-refractivity contribution is 7.89. The van der Waals surface area contributed by atoms with Crippen molar-refractivity contribution in [2.45, 2.75) is 30.6 Å². The molecule has 2 N–H and O–H groups in total. The van der Waals surface area contributed by atoms with Gasteiger partial charge in [-0.15, -0.1) is 0 Å². The van der Waals surface area contributed by atoms with E-state index in [4.69, 9.17) is 4.74 Å². The molecule has 33 heavy (non-hydrogen) atoms. The predicted octanol–water partition coefficient (Wildman–Crippen LogP) is 1.73. The Kier molecular flexibility index (Phi) is 8.72. The molecule has 0 radical (unpaired) electrons. The first kappa shape index (κ1) is 26.5. The Morgan fingerprint density at radius 1 is 0.970 bits per heavy atom. The highest BCUT2D eigenvalue weighted by Gasteiger charge is 2.23. The van der Waals surface area contributed by atoms with E-state index in [1.807, 2.05) is 0 Å². The lowest BCUT2D eigenvalue weighted by Crippen LogP contribution is -2.30. The van der Waals surface area contributed by atoms with Crippen LogP contribution >= 0.6 is 0 Å². The molecule has 12 heteroatoms. The fourth-order valence-electron chi connectivity index (χ4n) is 2.92. The summed E-state index contributed by atoms with van der Waals surface area (Å²) in [7, 11) is -6.22. The second-order valence-electron chi connectivity index (χ2n) is 6.93. The van der Waals surface area contributed by atoms with Gasteiger partial charge in [0.15, 0.2) is 6.61 Å². The van der Waals surface area contributed by atoms with E-state index in [0.29, 0.717) is 18.7 Å². The third kappa shape index (κ3) is 6.38. The van der Waals surface area contributed by atoms with Gasteiger partial charge in [0, 0.05) is 18.8 Å². The number of ether oxygens (including phenoxy) is 1. The second-order valence-corrected chi connectivity index (χ2v) is 10.8. The van der Waals surface area contributed by atoms with Crippen molar-refractivity contribution in [1.82, 2.24) is 9.03 Å². The molecule has 0 saturated carbocycles. The average molecular weight is 498 g/mol. The van der Waals surface area contributed by atoms with Gasteiger partial charge in [0.1, 0.15) is 0 Å². The van der Waals surface area contributed by atoms with Crippen molar-refractivity contribution < 1.29 is 31.2 Å². The largest absolute Gasteiger partial charge is 0.452 e. The van der Waals surface area contributed by atoms with Crippen LogP contribution in [0.25, 0.3) is 0 Å². The molecule has 0 aliphatic carbocycles. The maximum absolute atomic E-state index is 12.7. The number of carbonyl (C=O) groups excluding carboxylic acids is 2. The molecule has 0 bridgehead atoms. The van der Waals surface area contributed by atoms with Gasteiger partial charge in [-0.1, -0.05) is 26.0 Å². The number of carbonyl (C=O) groups is 2. The molecule has 0 aromatic heterocycles. The highest BCUT2D eigenvalue weighted by Crippen LogP contribution is 2.23. The topological polar surface area (TPSA) is 139 Å². The standard InChI is InChI=1S/C21H27N3O7S2/c1-5-24(6-2)33(29,30)18-11-10-15(3)19(13-18)23-20(25)14-31-21(26)16-8-7-9-17(12-16)32(27,28)22-4/h7-13,22H,5-6,14H2,1-4H3,(H,23,25). The molecule has 10 nitrogen and oxygen atoms in total. The summed E-state index contributed by atoms with van der Waals surface area (Å²) >= 11 is 0. The molecule has 2 aromatic rings. The number of aryl methyl sites for hydroxylation is 1. The lowest BCUT2D eigenvalue weighted by molar-refractivity contribution is -0.119. The first-order chi connectivity index (χ1) is 15.5. The predicted molar refractivity (Wildman–Crippen MR) is 123 cm³/mol. The van der Waals surface area contributed by atoms with Crippen molar-refractivity contribution in [3.63, 3.8) is 0 Å². The van der Waals surface area contributed by atoms with Crippen molar-refractivity contribution in [3.8, 4) is 0 Å². The average Bonchev–Trinajstić information content (AvgIpc) is 2.79. The summed E-state index contributed by atoms with van der Waals surface area (Å²) < 4.78 is 57.7. The van der Waals surface area contributed by atoms with Gasteiger partial charge in [-0.2, -0.15) is 4.31 Å². The van der Waals surface area contributed by atoms with Gasteiger partial charge in [0.05, 0.1) is 15.4 Å². The number of nitrogens with zero attached hydrogens (tertiary/aromatic N) is 1. The molecule has 2 aromatic carbocycles. The van der Waals surface area contributed by atoms with Crippen LogP contribution in [-0.4, -0.2) is 59.8 Å². The second kappa shape index (κ2) is 10.9. The number of hydrogen-bond donors (Lipinski definition) is 2. The molecule has 0 spiro atoms. The van der Waals surface area contributed by atoms with E-state index < -0.39 is 38.5 Å². The monoisotopic (exact) mass is 497 g/mol. The Bertz CT molecular complexity index is 1240. The molecule has 0 aliphatic heterocycles. The van der Waals surface area contributed by atoms with E-state index in [0.717, 1.165) is 6.07 Å². The minimum absolute atomic E-state index is 0.0339. The molecule has 2 rings (SSSR count). The van der Waals surface area contributed by atoms with E-state index in [-0.39, 0.29) is 21.0 Å². The first-order valence-electron chi connectivity index (χ1n) is 10.1. The van der Waals surface area contributed by atoms with E-state index in [1.165, 1.54) is 41.7 Å². The fraction of sp³-hybridized carbons (Fsp3) is 0.333. The SMILES string of the molecule is CCN(CC)S(=O)(=O)c1ccc(C)c(NC(=O)COC(=O)c2cccc(S(=O)(=O)NC)c2)c1. The smallest absolute Gasteiger partial charge is 0.338 e. The number of hydrogen-bond acceptors (Lipinski definition) is 7. The number of rotatable bonds is 10. The summed E-state index contributed by atoms with van der Waals surface area (Å²) in [5.41, 5.74) is 0.854. The molecule has 0 aliphatic rings. The Hall–Kier alpha value is -2.80. The molecule has 0 heterocycles. The molecule has 180 valence electrons. The zero-order valence-electron chi connectivity index (χ0n) is 18.8. The zero-order chi connectivity index (χ0) is 24.8. The molecule has 0 saturated heterocycles. The number of amides is 1. The minimum Gasteiger partial charge on any atom is -0.452 e. The zero-order valence-corrected chi connectivity index (χ0v) is 20.4. The third-order valence-corrected chi connectivity index (χ3v) is 8.27. The normalized spacial score (nSPS) is 11.9. The summed E-state index contributed by atoms with van der Waals surface area (Å²) in [5.74, 6) is -1.56. The lowest BCUT2D eigenvalue weighted by atomic mass is 10.2. The number of esters is 1. The Morgan fingerprint density at radius 3 is 2.24 bits per heavy atom. The van der Waals surface area contributed by atoms with Crippen molar-refractivity contribution in [2.75, 3.05) is 32.1 Å². The van der Waals surface area contributed by atoms with Gasteiger partial charge in [-0.05, 0) is 49.9 Å². The van der Waals surface area contributed by atoms with Crippen molar-refractivity contribution >= 4 is 37.6 Å². The van der Waals surface area contributed by atoms with Crippen LogP contribution in [0, 0.1) is 6.92 Å². The van der Waals surface area contributed by atoms with Crippen LogP contribution in [0.15, 0.2) is 52.3 Å². The van der Waals surface area contributed by atoms with Crippen molar-refractivity contribution in [1.29, 1.82) is 0 Å². The van der Waals surface area contributed by atoms with Crippen LogP contribution in [0.4, 0.5) is 5.69 Å². The molecule has 1 amide bonds. The quantitative estimate of drug-likeness (QED) is 0.477. The number of benzene rings is 2. The molecular weight excluding hydrogens is 470 g/mol. The van der Waals surface area contributed by atoms with Crippen LogP contribution in [-0.2, 0) is 29.6 Å². The van der Waals surface area contributed by atoms with Gasteiger partial charge < -0.3 is 10.1 Å². The maximum atomic E-state index is 12.7. The van der Waals surface area contributed by atoms with Gasteiger partial charge in [-0.25, -0.2) is 26.4 Å². The van der Waals surface area contributed by atoms with E-state index in [1.54, 1.807) is 26.8 Å². The van der Waals surface area contributed by atoms with Crippen molar-refractivity contribution in [2.24, 2.45) is 0 Å². The first-order valence-corrected chi connectivity index (χ1v) is 13.0. The summed E-state index contributed by atoms with van der Waals surface area (Å²) in [6, 6.07) is 9.59. The van der Waals surface area contributed by atoms with Crippen LogP contribution < -0.4 is 10.0 Å². The number of sulfonamides is 2. The van der Waals surface area contributed by atoms with Crippen LogP contribution in [0.2, 0.25) is 0 Å². The van der Waals surface area contributed by atoms with Crippen molar-refractivity contribution in [3.05, 3.63) is 53.6 Å². The van der Waals surface area contributed by atoms with E-state index >= 15 is 0 Å². The number of nitrogens with one attached hydrogen (secondary N) is 2. The highest BCUT2D eigenvalue weighted by atomic mass is 32.2. The van der Waals surface area contributed by atoms with Crippen LogP contribution in [0.1, 0.15) is 29.8 Å². The third-order valence-electron chi connectivity index (χ3n) is 4.81. The Morgan fingerprint density at radius 2 is 1.64 bits per heavy atom. The molecule has 0 fully saturated rings. The molecular formula is C21H27N3O7S2. The Balaban J connectivity index is 2.11. The van der Waals surface area contributed by atoms with Gasteiger partial charge >= 0.3 is 5.97 Å². The van der Waals surface area contributed by atoms with E-state index in [2.05, 4.69) is 10.0 Å². The maximum Gasteiger partial charge on any atom is 0.338 e. The van der Waals surface area contributed by atoms with Gasteiger partial charge in [-0.3, -0.25) is 4.79 Å². The summed E-state index contributed by atoms with van der Waals surface area (Å²) in [6.07, 6.45) is 0. The minimum atomic E-state index is -3.75. The van der Waals surface area contributed by atoms with Crippen LogP contribution in [0.3, 0.4) is 0 Å². The summed E-state index contributed by atoms with van der Waals surface area (Å²) in [5, 5.41) is 2.54. The molecule has 0 unspecified atom stereocenters. The van der Waals surface area contributed by atoms with Gasteiger partial charge in [0.25, 0.3) is 5.91 Å². The Labute approximate surface area is 194 Å². The van der Waals surface area contributed by atoms with E-state index in [9.17, 15) is 26.4 Å². The number of anilines is 1.